The van der Waals surface area contributed by atoms with Gasteiger partial charge in [-0.15, -0.1) is 0 Å². The van der Waals surface area contributed by atoms with E-state index in [1.165, 1.54) is 29.2 Å². The van der Waals surface area contributed by atoms with Crippen LogP contribution in [0.25, 0.3) is 0 Å². The van der Waals surface area contributed by atoms with Gasteiger partial charge in [-0.2, -0.15) is 0 Å². The van der Waals surface area contributed by atoms with E-state index in [4.69, 9.17) is 0 Å². The molecule has 106 valence electrons. The number of likely N-dealkylation sites (N-methyl/N-ethyl adjacent to an activating group) is 1. The quantitative estimate of drug-likeness (QED) is 0.799. The normalized spacial score (nSPS) is 11.3. The fourth-order valence-corrected chi connectivity index (χ4v) is 2.68. The Labute approximate surface area is 113 Å². The van der Waals surface area contributed by atoms with Gasteiger partial charge in [0.05, 0.1) is 6.54 Å². The maximum atomic E-state index is 11.9. The van der Waals surface area contributed by atoms with Gasteiger partial charge >= 0.3 is 0 Å². The molecule has 7 heteroatoms. The third-order valence-electron chi connectivity index (χ3n) is 2.68. The van der Waals surface area contributed by atoms with Crippen molar-refractivity contribution in [2.75, 3.05) is 19.6 Å². The van der Waals surface area contributed by atoms with E-state index in [0.29, 0.717) is 13.1 Å². The van der Waals surface area contributed by atoms with E-state index in [0.717, 1.165) is 0 Å². The van der Waals surface area contributed by atoms with Gasteiger partial charge in [0.1, 0.15) is 10.6 Å². The number of carbonyl (C=O) groups excluding carboxylic acids is 1. The molecule has 1 amide bonds. The van der Waals surface area contributed by atoms with Gasteiger partial charge in [0.15, 0.2) is 0 Å². The Bertz CT molecular complexity index is 538. The van der Waals surface area contributed by atoms with E-state index in [2.05, 4.69) is 4.72 Å². The van der Waals surface area contributed by atoms with Gasteiger partial charge in [-0.1, -0.05) is 12.1 Å². The fraction of sp³-hybridized carbons (Fsp3) is 0.417. The highest BCUT2D eigenvalue weighted by Crippen LogP contribution is 2.20. The highest BCUT2D eigenvalue weighted by atomic mass is 32.2. The number of phenolic OH excluding ortho intramolecular Hbond substituents is 1. The lowest BCUT2D eigenvalue weighted by Gasteiger charge is -2.18. The zero-order chi connectivity index (χ0) is 14.5. The molecule has 0 aromatic heterocycles. The Morgan fingerprint density at radius 3 is 2.37 bits per heavy atom. The van der Waals surface area contributed by atoms with Crippen LogP contribution in [0.5, 0.6) is 5.75 Å². The predicted octanol–water partition coefficient (Wildman–Crippen LogP) is 0.539. The van der Waals surface area contributed by atoms with E-state index >= 15 is 0 Å². The minimum atomic E-state index is -3.88. The van der Waals surface area contributed by atoms with Crippen LogP contribution in [0.15, 0.2) is 29.2 Å². The first-order valence-electron chi connectivity index (χ1n) is 5.97. The van der Waals surface area contributed by atoms with E-state index in [1.807, 2.05) is 13.8 Å². The molecule has 0 saturated heterocycles. The van der Waals surface area contributed by atoms with Crippen molar-refractivity contribution in [3.05, 3.63) is 24.3 Å². The SMILES string of the molecule is CCN(CC)C(=O)CNS(=O)(=O)c1ccccc1O. The summed E-state index contributed by atoms with van der Waals surface area (Å²) in [4.78, 5) is 13.0. The van der Waals surface area contributed by atoms with Crippen molar-refractivity contribution in [1.82, 2.24) is 9.62 Å². The van der Waals surface area contributed by atoms with E-state index in [-0.39, 0.29) is 23.1 Å². The lowest BCUT2D eigenvalue weighted by Crippen LogP contribution is -2.39. The molecule has 0 saturated carbocycles. The molecule has 0 aliphatic carbocycles. The second kappa shape index (κ2) is 6.53. The second-order valence-corrected chi connectivity index (χ2v) is 5.59. The van der Waals surface area contributed by atoms with Gasteiger partial charge in [0, 0.05) is 13.1 Å². The number of nitrogens with one attached hydrogen (secondary N) is 1. The van der Waals surface area contributed by atoms with Gasteiger partial charge in [-0.3, -0.25) is 4.79 Å². The number of rotatable bonds is 6. The monoisotopic (exact) mass is 286 g/mol. The molecular formula is C12H18N2O4S. The van der Waals surface area contributed by atoms with E-state index in [1.54, 1.807) is 0 Å². The molecule has 2 N–H and O–H groups in total. The van der Waals surface area contributed by atoms with Crippen molar-refractivity contribution in [1.29, 1.82) is 0 Å². The fourth-order valence-electron chi connectivity index (χ4n) is 1.61. The van der Waals surface area contributed by atoms with Crippen molar-refractivity contribution in [3.63, 3.8) is 0 Å². The van der Waals surface area contributed by atoms with Gasteiger partial charge in [0.2, 0.25) is 15.9 Å². The molecule has 0 atom stereocenters. The molecule has 0 heterocycles. The average molecular weight is 286 g/mol. The summed E-state index contributed by atoms with van der Waals surface area (Å²) >= 11 is 0. The topological polar surface area (TPSA) is 86.7 Å². The third-order valence-corrected chi connectivity index (χ3v) is 4.13. The van der Waals surface area contributed by atoms with Gasteiger partial charge in [-0.05, 0) is 26.0 Å². The lowest BCUT2D eigenvalue weighted by molar-refractivity contribution is -0.129. The number of para-hydroxylation sites is 1. The summed E-state index contributed by atoms with van der Waals surface area (Å²) in [5.41, 5.74) is 0. The smallest absolute Gasteiger partial charge is 0.244 e. The molecule has 0 spiro atoms. The molecule has 1 aromatic carbocycles. The first-order valence-corrected chi connectivity index (χ1v) is 7.46. The summed E-state index contributed by atoms with van der Waals surface area (Å²) in [5, 5.41) is 9.50. The molecular weight excluding hydrogens is 268 g/mol. The maximum absolute atomic E-state index is 11.9. The van der Waals surface area contributed by atoms with Crippen LogP contribution >= 0.6 is 0 Å². The van der Waals surface area contributed by atoms with Crippen molar-refractivity contribution >= 4 is 15.9 Å². The van der Waals surface area contributed by atoms with Crippen molar-refractivity contribution < 1.29 is 18.3 Å². The van der Waals surface area contributed by atoms with Crippen molar-refractivity contribution in [2.45, 2.75) is 18.7 Å². The molecule has 0 aliphatic heterocycles. The minimum absolute atomic E-state index is 0.234. The summed E-state index contributed by atoms with van der Waals surface area (Å²) in [7, 11) is -3.88. The summed E-state index contributed by atoms with van der Waals surface area (Å²) in [6.07, 6.45) is 0. The summed E-state index contributed by atoms with van der Waals surface area (Å²) in [6, 6.07) is 5.58. The molecule has 1 aromatic rings. The Morgan fingerprint density at radius 1 is 1.26 bits per heavy atom. The molecule has 19 heavy (non-hydrogen) atoms. The summed E-state index contributed by atoms with van der Waals surface area (Å²) in [6.45, 7) is 4.36. The Balaban J connectivity index is 2.77. The summed E-state index contributed by atoms with van der Waals surface area (Å²) < 4.78 is 26.0. The second-order valence-electron chi connectivity index (χ2n) is 3.86. The number of sulfonamides is 1. The van der Waals surface area contributed by atoms with Crippen LogP contribution in [0, 0.1) is 0 Å². The molecule has 0 fully saturated rings. The highest BCUT2D eigenvalue weighted by molar-refractivity contribution is 7.89. The number of phenols is 1. The zero-order valence-electron chi connectivity index (χ0n) is 11.0. The summed E-state index contributed by atoms with van der Waals surface area (Å²) in [5.74, 6) is -0.644. The number of amides is 1. The molecule has 0 radical (unpaired) electrons. The maximum Gasteiger partial charge on any atom is 0.244 e. The van der Waals surface area contributed by atoms with Crippen LogP contribution in [0.1, 0.15) is 13.8 Å². The third kappa shape index (κ3) is 3.93. The number of carbonyl (C=O) groups is 1. The minimum Gasteiger partial charge on any atom is -0.507 e. The molecule has 6 nitrogen and oxygen atoms in total. The lowest BCUT2D eigenvalue weighted by atomic mass is 10.3. The Hall–Kier alpha value is -1.60. The van der Waals surface area contributed by atoms with Crippen LogP contribution in [0.4, 0.5) is 0 Å². The number of nitrogens with zero attached hydrogens (tertiary/aromatic N) is 1. The molecule has 0 unspecified atom stereocenters. The van der Waals surface area contributed by atoms with Crippen molar-refractivity contribution in [3.8, 4) is 5.75 Å². The molecule has 1 rings (SSSR count). The highest BCUT2D eigenvalue weighted by Gasteiger charge is 2.20. The Morgan fingerprint density at radius 2 is 1.84 bits per heavy atom. The number of hydrogen-bond donors (Lipinski definition) is 2. The number of hydrogen-bond acceptors (Lipinski definition) is 4. The van der Waals surface area contributed by atoms with Crippen LogP contribution in [-0.2, 0) is 14.8 Å². The zero-order valence-corrected chi connectivity index (χ0v) is 11.8. The first-order chi connectivity index (χ1) is 8.92. The molecule has 0 aliphatic rings. The Kier molecular flexibility index (Phi) is 5.31. The van der Waals surface area contributed by atoms with Gasteiger partial charge < -0.3 is 10.0 Å². The van der Waals surface area contributed by atoms with Crippen molar-refractivity contribution in [2.24, 2.45) is 0 Å². The first kappa shape index (κ1) is 15.5. The van der Waals surface area contributed by atoms with Gasteiger partial charge in [0.25, 0.3) is 0 Å². The van der Waals surface area contributed by atoms with E-state index < -0.39 is 10.0 Å². The van der Waals surface area contributed by atoms with Crippen LogP contribution < -0.4 is 4.72 Å². The largest absolute Gasteiger partial charge is 0.507 e. The standard InChI is InChI=1S/C12H18N2O4S/c1-3-14(4-2)12(16)9-13-19(17,18)11-8-6-5-7-10(11)15/h5-8,13,15H,3-4,9H2,1-2H3. The van der Waals surface area contributed by atoms with E-state index in [9.17, 15) is 18.3 Å². The van der Waals surface area contributed by atoms with Crippen LogP contribution in [0.2, 0.25) is 0 Å². The van der Waals surface area contributed by atoms with Gasteiger partial charge in [-0.25, -0.2) is 13.1 Å². The average Bonchev–Trinajstić information content (AvgIpc) is 2.38. The predicted molar refractivity (Wildman–Crippen MR) is 71.2 cm³/mol. The van der Waals surface area contributed by atoms with Crippen LogP contribution in [-0.4, -0.2) is 44.0 Å². The number of benzene rings is 1. The van der Waals surface area contributed by atoms with Crippen LogP contribution in [0.3, 0.4) is 0 Å². The number of aromatic hydroxyl groups is 1. The molecule has 0 bridgehead atoms.